The molecule has 4 heteroatoms. The molecule has 1 atom stereocenters. The van der Waals surface area contributed by atoms with Crippen molar-refractivity contribution >= 4 is 28.9 Å². The van der Waals surface area contributed by atoms with Crippen LogP contribution in [-0.4, -0.2) is 11.9 Å². The first-order chi connectivity index (χ1) is 9.97. The van der Waals surface area contributed by atoms with E-state index in [0.29, 0.717) is 10.6 Å². The van der Waals surface area contributed by atoms with Gasteiger partial charge < -0.3 is 10.6 Å². The molecule has 0 spiro atoms. The minimum atomic E-state index is -0.0204. The zero-order valence-corrected chi connectivity index (χ0v) is 12.8. The number of halogens is 1. The van der Waals surface area contributed by atoms with Crippen LogP contribution in [-0.2, 0) is 6.42 Å². The molecule has 2 N–H and O–H groups in total. The molecule has 1 aliphatic heterocycles. The first kappa shape index (κ1) is 14.0. The maximum atomic E-state index is 12.8. The monoisotopic (exact) mass is 300 g/mol. The number of anilines is 2. The third-order valence-corrected chi connectivity index (χ3v) is 4.36. The summed E-state index contributed by atoms with van der Waals surface area (Å²) in [5.74, 6) is -0.0204. The molecule has 21 heavy (non-hydrogen) atoms. The Kier molecular flexibility index (Phi) is 3.38. The second-order valence-electron chi connectivity index (χ2n) is 5.58. The van der Waals surface area contributed by atoms with E-state index < -0.39 is 0 Å². The lowest BCUT2D eigenvalue weighted by Gasteiger charge is -2.23. The van der Waals surface area contributed by atoms with Gasteiger partial charge in [-0.2, -0.15) is 0 Å². The van der Waals surface area contributed by atoms with Crippen LogP contribution in [0.1, 0.15) is 28.4 Å². The number of nitrogens with two attached hydrogens (primary N) is 1. The highest BCUT2D eigenvalue weighted by Crippen LogP contribution is 2.35. The molecule has 1 amide bonds. The summed E-state index contributed by atoms with van der Waals surface area (Å²) in [6.45, 7) is 3.97. The molecule has 1 unspecified atom stereocenters. The van der Waals surface area contributed by atoms with E-state index in [-0.39, 0.29) is 11.9 Å². The van der Waals surface area contributed by atoms with Gasteiger partial charge in [-0.3, -0.25) is 4.79 Å². The van der Waals surface area contributed by atoms with E-state index in [1.165, 1.54) is 0 Å². The fourth-order valence-corrected chi connectivity index (χ4v) is 3.01. The van der Waals surface area contributed by atoms with Crippen molar-refractivity contribution in [1.82, 2.24) is 0 Å². The quantitative estimate of drug-likeness (QED) is 0.814. The van der Waals surface area contributed by atoms with Gasteiger partial charge in [-0.15, -0.1) is 0 Å². The molecule has 0 saturated heterocycles. The van der Waals surface area contributed by atoms with Gasteiger partial charge in [0.1, 0.15) is 0 Å². The van der Waals surface area contributed by atoms with Crippen LogP contribution in [0.4, 0.5) is 11.4 Å². The normalized spacial score (nSPS) is 16.9. The standard InChI is InChI=1S/C17H17ClN2O/c1-10-3-4-12(9-15(10)18)17(21)20-11(2)7-13-8-14(19)5-6-16(13)20/h3-6,8-9,11H,7,19H2,1-2H3. The smallest absolute Gasteiger partial charge is 0.258 e. The van der Waals surface area contributed by atoms with Crippen LogP contribution in [0.2, 0.25) is 5.02 Å². The number of benzene rings is 2. The zero-order valence-electron chi connectivity index (χ0n) is 12.1. The molecular formula is C17H17ClN2O. The van der Waals surface area contributed by atoms with E-state index in [9.17, 15) is 4.79 Å². The zero-order chi connectivity index (χ0) is 15.1. The molecule has 0 aliphatic carbocycles. The van der Waals surface area contributed by atoms with E-state index in [4.69, 9.17) is 17.3 Å². The molecule has 1 heterocycles. The third kappa shape index (κ3) is 2.38. The Labute approximate surface area is 129 Å². The minimum absolute atomic E-state index is 0.0204. The number of nitrogens with zero attached hydrogens (tertiary/aromatic N) is 1. The molecule has 2 aromatic rings. The second kappa shape index (κ2) is 5.08. The van der Waals surface area contributed by atoms with E-state index in [0.717, 1.165) is 28.9 Å². The number of fused-ring (bicyclic) bond motifs is 1. The van der Waals surface area contributed by atoms with Gasteiger partial charge in [0, 0.05) is 28.0 Å². The van der Waals surface area contributed by atoms with E-state index >= 15 is 0 Å². The molecule has 0 saturated carbocycles. The number of carbonyl (C=O) groups is 1. The van der Waals surface area contributed by atoms with Crippen LogP contribution >= 0.6 is 11.6 Å². The van der Waals surface area contributed by atoms with Gasteiger partial charge >= 0.3 is 0 Å². The van der Waals surface area contributed by atoms with Crippen LogP contribution in [0.15, 0.2) is 36.4 Å². The Morgan fingerprint density at radius 3 is 2.76 bits per heavy atom. The highest BCUT2D eigenvalue weighted by atomic mass is 35.5. The molecule has 0 radical (unpaired) electrons. The number of hydrogen-bond donors (Lipinski definition) is 1. The van der Waals surface area contributed by atoms with Gasteiger partial charge in [0.15, 0.2) is 0 Å². The topological polar surface area (TPSA) is 46.3 Å². The SMILES string of the molecule is Cc1ccc(C(=O)N2c3ccc(N)cc3CC2C)cc1Cl. The molecule has 3 rings (SSSR count). The predicted molar refractivity (Wildman–Crippen MR) is 87.0 cm³/mol. The summed E-state index contributed by atoms with van der Waals surface area (Å²) in [7, 11) is 0. The lowest BCUT2D eigenvalue weighted by molar-refractivity contribution is 0.0981. The van der Waals surface area contributed by atoms with Gasteiger partial charge in [0.25, 0.3) is 5.91 Å². The summed E-state index contributed by atoms with van der Waals surface area (Å²) >= 11 is 6.13. The lowest BCUT2D eigenvalue weighted by Crippen LogP contribution is -2.35. The highest BCUT2D eigenvalue weighted by molar-refractivity contribution is 6.31. The van der Waals surface area contributed by atoms with Crippen LogP contribution in [0.3, 0.4) is 0 Å². The summed E-state index contributed by atoms with van der Waals surface area (Å²) in [6, 6.07) is 11.3. The van der Waals surface area contributed by atoms with Crippen LogP contribution in [0, 0.1) is 6.92 Å². The number of aryl methyl sites for hydroxylation is 1. The van der Waals surface area contributed by atoms with Gasteiger partial charge in [-0.05, 0) is 61.7 Å². The van der Waals surface area contributed by atoms with Crippen LogP contribution in [0.25, 0.3) is 0 Å². The highest BCUT2D eigenvalue weighted by Gasteiger charge is 2.31. The van der Waals surface area contributed by atoms with Crippen molar-refractivity contribution in [3.63, 3.8) is 0 Å². The molecule has 0 bridgehead atoms. The van der Waals surface area contributed by atoms with E-state index in [1.54, 1.807) is 6.07 Å². The summed E-state index contributed by atoms with van der Waals surface area (Å²) < 4.78 is 0. The number of carbonyl (C=O) groups excluding carboxylic acids is 1. The molecule has 0 fully saturated rings. The van der Waals surface area contributed by atoms with Gasteiger partial charge in [0.2, 0.25) is 0 Å². The van der Waals surface area contributed by atoms with Crippen molar-refractivity contribution in [3.05, 3.63) is 58.1 Å². The number of rotatable bonds is 1. The maximum absolute atomic E-state index is 12.8. The maximum Gasteiger partial charge on any atom is 0.258 e. The Morgan fingerprint density at radius 1 is 1.29 bits per heavy atom. The van der Waals surface area contributed by atoms with Crippen molar-refractivity contribution in [2.75, 3.05) is 10.6 Å². The molecule has 1 aliphatic rings. The van der Waals surface area contributed by atoms with E-state index in [2.05, 4.69) is 0 Å². The van der Waals surface area contributed by atoms with Gasteiger partial charge in [-0.25, -0.2) is 0 Å². The van der Waals surface area contributed by atoms with Crippen LogP contribution in [0.5, 0.6) is 0 Å². The van der Waals surface area contributed by atoms with Crippen molar-refractivity contribution in [1.29, 1.82) is 0 Å². The molecular weight excluding hydrogens is 284 g/mol. The van der Waals surface area contributed by atoms with Crippen molar-refractivity contribution in [3.8, 4) is 0 Å². The van der Waals surface area contributed by atoms with Crippen LogP contribution < -0.4 is 10.6 Å². The Bertz CT molecular complexity index is 727. The first-order valence-electron chi connectivity index (χ1n) is 6.95. The average molecular weight is 301 g/mol. The van der Waals surface area contributed by atoms with Gasteiger partial charge in [0.05, 0.1) is 0 Å². The fraction of sp³-hybridized carbons (Fsp3) is 0.235. The second-order valence-corrected chi connectivity index (χ2v) is 5.99. The molecule has 0 aromatic heterocycles. The molecule has 3 nitrogen and oxygen atoms in total. The lowest BCUT2D eigenvalue weighted by atomic mass is 10.1. The average Bonchev–Trinajstić information content (AvgIpc) is 2.76. The summed E-state index contributed by atoms with van der Waals surface area (Å²) in [5, 5.41) is 0.616. The van der Waals surface area contributed by atoms with Crippen molar-refractivity contribution in [2.24, 2.45) is 0 Å². The Balaban J connectivity index is 2.00. The predicted octanol–water partition coefficient (Wildman–Crippen LogP) is 3.82. The van der Waals surface area contributed by atoms with Crippen molar-refractivity contribution < 1.29 is 4.79 Å². The number of nitrogen functional groups attached to an aromatic ring is 1. The largest absolute Gasteiger partial charge is 0.399 e. The first-order valence-corrected chi connectivity index (χ1v) is 7.33. The minimum Gasteiger partial charge on any atom is -0.399 e. The number of amides is 1. The van der Waals surface area contributed by atoms with E-state index in [1.807, 2.05) is 49.1 Å². The molecule has 2 aromatic carbocycles. The summed E-state index contributed by atoms with van der Waals surface area (Å²) in [5.41, 5.74) is 10.2. The van der Waals surface area contributed by atoms with Gasteiger partial charge in [-0.1, -0.05) is 17.7 Å². The summed E-state index contributed by atoms with van der Waals surface area (Å²) in [6.07, 6.45) is 0.825. The molecule has 108 valence electrons. The fourth-order valence-electron chi connectivity index (χ4n) is 2.83. The Morgan fingerprint density at radius 2 is 2.05 bits per heavy atom. The third-order valence-electron chi connectivity index (χ3n) is 3.96. The summed E-state index contributed by atoms with van der Waals surface area (Å²) in [4.78, 5) is 14.6. The van der Waals surface area contributed by atoms with Crippen molar-refractivity contribution in [2.45, 2.75) is 26.3 Å². The number of hydrogen-bond acceptors (Lipinski definition) is 2. The Hall–Kier alpha value is -2.00.